The maximum absolute atomic E-state index is 12.8. The van der Waals surface area contributed by atoms with E-state index >= 15 is 0 Å². The number of Topliss-reactive ketones (excluding diaryl/α,β-unsaturated/α-hetero) is 1. The van der Waals surface area contributed by atoms with Gasteiger partial charge in [-0.25, -0.2) is 4.79 Å². The molecule has 23 heavy (non-hydrogen) atoms. The minimum absolute atomic E-state index is 0.209. The number of rotatable bonds is 4. The van der Waals surface area contributed by atoms with Crippen LogP contribution in [-0.4, -0.2) is 18.4 Å². The van der Waals surface area contributed by atoms with Crippen molar-refractivity contribution in [1.29, 1.82) is 0 Å². The van der Waals surface area contributed by atoms with E-state index in [-0.39, 0.29) is 23.7 Å². The highest BCUT2D eigenvalue weighted by atomic mass is 79.9. The molecule has 1 aromatic heterocycles. The average molecular weight is 376 g/mol. The van der Waals surface area contributed by atoms with Crippen LogP contribution in [0.4, 0.5) is 5.69 Å². The van der Waals surface area contributed by atoms with Gasteiger partial charge in [-0.2, -0.15) is 0 Å². The molecular formula is C17H14BrNO4. The van der Waals surface area contributed by atoms with E-state index in [2.05, 4.69) is 21.2 Å². The van der Waals surface area contributed by atoms with Crippen molar-refractivity contribution in [2.45, 2.75) is 12.8 Å². The fraction of sp³-hybridized carbons (Fsp3) is 0.176. The van der Waals surface area contributed by atoms with Gasteiger partial charge in [0.25, 0.3) is 0 Å². The lowest BCUT2D eigenvalue weighted by Crippen LogP contribution is -2.26. The quantitative estimate of drug-likeness (QED) is 0.648. The molecule has 0 radical (unpaired) electrons. The van der Waals surface area contributed by atoms with Crippen LogP contribution in [0, 0.1) is 0 Å². The van der Waals surface area contributed by atoms with E-state index in [0.29, 0.717) is 5.56 Å². The Balaban J connectivity index is 2.07. The summed E-state index contributed by atoms with van der Waals surface area (Å²) in [5.74, 6) is -1.34. The van der Waals surface area contributed by atoms with Gasteiger partial charge in [-0.1, -0.05) is 22.0 Å². The summed E-state index contributed by atoms with van der Waals surface area (Å²) in [6.45, 7) is 1.97. The third kappa shape index (κ3) is 2.94. The number of fused-ring (bicyclic) bond motifs is 1. The molecule has 0 amide bonds. The third-order valence-corrected chi connectivity index (χ3v) is 4.05. The summed E-state index contributed by atoms with van der Waals surface area (Å²) < 4.78 is 11.2. The predicted molar refractivity (Wildman–Crippen MR) is 88.3 cm³/mol. The first kappa shape index (κ1) is 15.6. The monoisotopic (exact) mass is 375 g/mol. The molecule has 2 heterocycles. The third-order valence-electron chi connectivity index (χ3n) is 3.56. The van der Waals surface area contributed by atoms with Gasteiger partial charge in [0.2, 0.25) is 5.78 Å². The van der Waals surface area contributed by atoms with Crippen molar-refractivity contribution in [2.24, 2.45) is 0 Å². The highest BCUT2D eigenvalue weighted by molar-refractivity contribution is 9.10. The lowest BCUT2D eigenvalue weighted by molar-refractivity contribution is -0.138. The summed E-state index contributed by atoms with van der Waals surface area (Å²) in [6, 6.07) is 8.73. The largest absolute Gasteiger partial charge is 0.463 e. The smallest absolute Gasteiger partial charge is 0.336 e. The van der Waals surface area contributed by atoms with E-state index in [1.165, 1.54) is 12.5 Å². The normalized spacial score (nSPS) is 16.1. The van der Waals surface area contributed by atoms with Crippen LogP contribution < -0.4 is 5.32 Å². The number of nitrogens with one attached hydrogen (secondary N) is 1. The topological polar surface area (TPSA) is 68.5 Å². The number of hydrogen-bond acceptors (Lipinski definition) is 5. The fourth-order valence-corrected chi connectivity index (χ4v) is 2.91. The van der Waals surface area contributed by atoms with E-state index in [9.17, 15) is 9.59 Å². The standard InChI is InChI=1S/C17H14BrNO4/c1-2-22-17(21)12-9-19-13-8-10(18)5-6-11(13)15(12)16(20)14-4-3-7-23-14/h3-9,15,19H,2H2,1H3. The number of ether oxygens (including phenoxy) is 1. The Morgan fingerprint density at radius 2 is 2.17 bits per heavy atom. The van der Waals surface area contributed by atoms with Gasteiger partial charge in [0.05, 0.1) is 24.4 Å². The van der Waals surface area contributed by atoms with Gasteiger partial charge < -0.3 is 14.5 Å². The molecule has 1 N–H and O–H groups in total. The summed E-state index contributed by atoms with van der Waals surface area (Å²) in [6.07, 6.45) is 2.96. The number of benzene rings is 1. The zero-order valence-corrected chi connectivity index (χ0v) is 13.9. The van der Waals surface area contributed by atoms with Gasteiger partial charge in [-0.15, -0.1) is 0 Å². The van der Waals surface area contributed by atoms with E-state index in [0.717, 1.165) is 10.2 Å². The Hall–Kier alpha value is -2.34. The molecule has 1 aliphatic rings. The zero-order valence-electron chi connectivity index (χ0n) is 12.3. The Labute approximate surface area is 141 Å². The predicted octanol–water partition coefficient (Wildman–Crippen LogP) is 3.88. The number of halogens is 1. The van der Waals surface area contributed by atoms with Crippen LogP contribution >= 0.6 is 15.9 Å². The van der Waals surface area contributed by atoms with Crippen molar-refractivity contribution < 1.29 is 18.7 Å². The molecule has 118 valence electrons. The second-order valence-corrected chi connectivity index (χ2v) is 5.89. The highest BCUT2D eigenvalue weighted by Crippen LogP contribution is 2.38. The first-order chi connectivity index (χ1) is 11.1. The second-order valence-electron chi connectivity index (χ2n) is 4.97. The van der Waals surface area contributed by atoms with Crippen LogP contribution in [0.25, 0.3) is 0 Å². The molecule has 0 aliphatic carbocycles. The Morgan fingerprint density at radius 1 is 1.35 bits per heavy atom. The molecule has 0 bridgehead atoms. The van der Waals surface area contributed by atoms with Crippen LogP contribution in [0.15, 0.2) is 57.3 Å². The molecule has 5 nitrogen and oxygen atoms in total. The summed E-state index contributed by atoms with van der Waals surface area (Å²) >= 11 is 3.40. The summed E-state index contributed by atoms with van der Waals surface area (Å²) in [4.78, 5) is 25.1. The summed E-state index contributed by atoms with van der Waals surface area (Å²) in [5.41, 5.74) is 1.74. The first-order valence-corrected chi connectivity index (χ1v) is 7.92. The number of furan rings is 1. The van der Waals surface area contributed by atoms with Crippen molar-refractivity contribution in [3.63, 3.8) is 0 Å². The Kier molecular flexibility index (Phi) is 4.34. The molecular weight excluding hydrogens is 362 g/mol. The number of carbonyl (C=O) groups excluding carboxylic acids is 2. The second kappa shape index (κ2) is 6.42. The molecule has 0 fully saturated rings. The number of ketones is 1. The molecule has 0 saturated heterocycles. The van der Waals surface area contributed by atoms with Crippen molar-refractivity contribution >= 4 is 33.4 Å². The number of anilines is 1. The molecule has 2 aromatic rings. The molecule has 1 atom stereocenters. The molecule has 1 aromatic carbocycles. The van der Waals surface area contributed by atoms with E-state index < -0.39 is 11.9 Å². The van der Waals surface area contributed by atoms with Crippen molar-refractivity contribution in [3.8, 4) is 0 Å². The Morgan fingerprint density at radius 3 is 2.87 bits per heavy atom. The van der Waals surface area contributed by atoms with Crippen LogP contribution in [0.5, 0.6) is 0 Å². The van der Waals surface area contributed by atoms with E-state index in [4.69, 9.17) is 9.15 Å². The van der Waals surface area contributed by atoms with Gasteiger partial charge in [0, 0.05) is 16.4 Å². The zero-order chi connectivity index (χ0) is 16.4. The van der Waals surface area contributed by atoms with Crippen LogP contribution in [0.3, 0.4) is 0 Å². The molecule has 6 heteroatoms. The minimum atomic E-state index is -0.760. The van der Waals surface area contributed by atoms with Gasteiger partial charge in [-0.05, 0) is 36.8 Å². The van der Waals surface area contributed by atoms with Crippen LogP contribution in [0.1, 0.15) is 29.0 Å². The van der Waals surface area contributed by atoms with E-state index in [1.54, 1.807) is 19.1 Å². The van der Waals surface area contributed by atoms with Gasteiger partial charge in [0.1, 0.15) is 0 Å². The lowest BCUT2D eigenvalue weighted by atomic mass is 9.84. The van der Waals surface area contributed by atoms with E-state index in [1.807, 2.05) is 18.2 Å². The Bertz CT molecular complexity index is 780. The molecule has 1 aliphatic heterocycles. The van der Waals surface area contributed by atoms with Crippen molar-refractivity contribution in [3.05, 3.63) is 64.2 Å². The maximum Gasteiger partial charge on any atom is 0.336 e. The SMILES string of the molecule is CCOC(=O)C1=CNc2cc(Br)ccc2C1C(=O)c1ccco1. The lowest BCUT2D eigenvalue weighted by Gasteiger charge is -2.25. The average Bonchev–Trinajstić information content (AvgIpc) is 3.07. The number of hydrogen-bond donors (Lipinski definition) is 1. The van der Waals surface area contributed by atoms with Gasteiger partial charge in [-0.3, -0.25) is 4.79 Å². The van der Waals surface area contributed by atoms with Gasteiger partial charge in [0.15, 0.2) is 5.76 Å². The van der Waals surface area contributed by atoms with Crippen molar-refractivity contribution in [2.75, 3.05) is 11.9 Å². The summed E-state index contributed by atoms with van der Waals surface area (Å²) in [7, 11) is 0. The minimum Gasteiger partial charge on any atom is -0.463 e. The van der Waals surface area contributed by atoms with Crippen LogP contribution in [0.2, 0.25) is 0 Å². The van der Waals surface area contributed by atoms with Gasteiger partial charge >= 0.3 is 5.97 Å². The number of esters is 1. The molecule has 3 rings (SSSR count). The first-order valence-electron chi connectivity index (χ1n) is 7.12. The summed E-state index contributed by atoms with van der Waals surface area (Å²) in [5, 5.41) is 3.05. The molecule has 0 saturated carbocycles. The van der Waals surface area contributed by atoms with Crippen molar-refractivity contribution in [1.82, 2.24) is 0 Å². The van der Waals surface area contributed by atoms with Crippen LogP contribution in [-0.2, 0) is 9.53 Å². The fourth-order valence-electron chi connectivity index (χ4n) is 2.55. The maximum atomic E-state index is 12.8. The highest BCUT2D eigenvalue weighted by Gasteiger charge is 2.36. The number of carbonyl (C=O) groups is 2. The molecule has 1 unspecified atom stereocenters. The molecule has 0 spiro atoms.